The highest BCUT2D eigenvalue weighted by atomic mass is 32.1. The number of carbonyl (C=O) groups is 1. The molecule has 6 aliphatic carbocycles. The van der Waals surface area contributed by atoms with Gasteiger partial charge in [0.2, 0.25) is 0 Å². The highest BCUT2D eigenvalue weighted by Gasteiger charge is 2.74. The number of ketones is 1. The number of carbonyl (C=O) groups excluding carboxylic acids is 1. The van der Waals surface area contributed by atoms with Crippen molar-refractivity contribution in [1.29, 1.82) is 0 Å². The molecule has 8 atom stereocenters. The molecule has 7 aliphatic rings. The molecule has 1 aromatic heterocycles. The molecule has 2 aromatic carbocycles. The molecule has 1 unspecified atom stereocenters. The molecule has 2 bridgehead atoms. The molecule has 2 heterocycles. The number of benzene rings is 2. The molecular formula is C42H50N2O4S. The van der Waals surface area contributed by atoms with E-state index in [0.29, 0.717) is 18.9 Å². The smallest absolute Gasteiger partial charge is 0.199 e. The first-order valence-electron chi connectivity index (χ1n) is 18.5. The zero-order valence-electron chi connectivity index (χ0n) is 29.2. The number of methoxy groups -OCH3 is 1. The summed E-state index contributed by atoms with van der Waals surface area (Å²) in [6.07, 6.45) is 12.9. The van der Waals surface area contributed by atoms with Crippen molar-refractivity contribution in [3.8, 4) is 5.75 Å². The molecular weight excluding hydrogens is 629 g/mol. The second-order valence-electron chi connectivity index (χ2n) is 16.7. The average molecular weight is 679 g/mol. The van der Waals surface area contributed by atoms with Gasteiger partial charge in [0.25, 0.3) is 0 Å². The minimum Gasteiger partial charge on any atom is -0.495 e. The van der Waals surface area contributed by atoms with Gasteiger partial charge in [0, 0.05) is 59.2 Å². The summed E-state index contributed by atoms with van der Waals surface area (Å²) in [5, 5.41) is 25.1. The Morgan fingerprint density at radius 3 is 2.43 bits per heavy atom. The average Bonchev–Trinajstić information content (AvgIpc) is 3.66. The van der Waals surface area contributed by atoms with Crippen LogP contribution in [-0.2, 0) is 0 Å². The van der Waals surface area contributed by atoms with Crippen molar-refractivity contribution in [3.05, 3.63) is 83.3 Å². The Kier molecular flexibility index (Phi) is 7.19. The Bertz CT molecular complexity index is 1840. The molecule has 49 heavy (non-hydrogen) atoms. The summed E-state index contributed by atoms with van der Waals surface area (Å²) in [6.45, 7) is 9.08. The molecule has 0 amide bonds. The molecule has 10 rings (SSSR count). The summed E-state index contributed by atoms with van der Waals surface area (Å²) in [4.78, 5) is 20.7. The molecule has 2 spiro atoms. The molecule has 258 valence electrons. The minimum absolute atomic E-state index is 0.0260. The van der Waals surface area contributed by atoms with E-state index >= 15 is 0 Å². The summed E-state index contributed by atoms with van der Waals surface area (Å²) < 4.78 is 6.80. The van der Waals surface area contributed by atoms with E-state index in [9.17, 15) is 15.0 Å². The lowest BCUT2D eigenvalue weighted by molar-refractivity contribution is -0.176. The Morgan fingerprint density at radius 1 is 0.918 bits per heavy atom. The number of aliphatic hydroxyl groups excluding tert-OH is 1. The van der Waals surface area contributed by atoms with Gasteiger partial charge < -0.3 is 19.8 Å². The van der Waals surface area contributed by atoms with Crippen LogP contribution in [0, 0.1) is 33.5 Å². The molecule has 4 fully saturated rings. The minimum atomic E-state index is -0.834. The van der Waals surface area contributed by atoms with Gasteiger partial charge in [-0.2, -0.15) is 0 Å². The molecule has 0 radical (unpaired) electrons. The maximum Gasteiger partial charge on any atom is 0.199 e. The number of hydrogen-bond acceptors (Lipinski definition) is 7. The van der Waals surface area contributed by atoms with E-state index in [1.165, 1.54) is 0 Å². The lowest BCUT2D eigenvalue weighted by Gasteiger charge is -2.71. The van der Waals surface area contributed by atoms with Crippen molar-refractivity contribution in [3.63, 3.8) is 0 Å². The van der Waals surface area contributed by atoms with Crippen LogP contribution in [0.4, 0.5) is 5.69 Å². The number of thiophene rings is 1. The van der Waals surface area contributed by atoms with E-state index in [4.69, 9.17) is 4.74 Å². The fourth-order valence-electron chi connectivity index (χ4n) is 12.2. The van der Waals surface area contributed by atoms with E-state index in [-0.39, 0.29) is 34.1 Å². The fourth-order valence-corrected chi connectivity index (χ4v) is 13.2. The fraction of sp³-hybridized carbons (Fsp3) is 0.548. The second-order valence-corrected chi connectivity index (χ2v) is 17.8. The Morgan fingerprint density at radius 2 is 1.63 bits per heavy atom. The molecule has 1 saturated heterocycles. The van der Waals surface area contributed by atoms with Crippen molar-refractivity contribution in [2.45, 2.75) is 70.5 Å². The SMILES string of the molecule is COc1ccccc1N1CCN(C[C@]2(O)CC[C@H]3[C@]45C=C[C@@]6(C=C4C(=O)c4cc7ccccc7s4)CC(O)CC[C@]6(C)[C@H]5CC[C@@]32C)CC1. The first-order valence-corrected chi connectivity index (χ1v) is 19.4. The van der Waals surface area contributed by atoms with E-state index in [0.717, 1.165) is 96.7 Å². The Hall–Kier alpha value is -2.97. The molecule has 3 aromatic rings. The number of anilines is 1. The maximum absolute atomic E-state index is 15.0. The normalized spacial score (nSPS) is 39.7. The van der Waals surface area contributed by atoms with Gasteiger partial charge in [0.05, 0.1) is 29.4 Å². The van der Waals surface area contributed by atoms with Crippen LogP contribution in [0.5, 0.6) is 5.75 Å². The lowest BCUT2D eigenvalue weighted by atomic mass is 9.32. The molecule has 1 aliphatic heterocycles. The first-order chi connectivity index (χ1) is 23.6. The highest BCUT2D eigenvalue weighted by molar-refractivity contribution is 7.21. The topological polar surface area (TPSA) is 73.2 Å². The molecule has 3 saturated carbocycles. The number of β-amino-alcohol motifs (C(OH)–C–C–N with tert-alkyl or cyclic N) is 1. The van der Waals surface area contributed by atoms with E-state index in [1.54, 1.807) is 18.4 Å². The number of ether oxygens (including phenoxy) is 1. The van der Waals surface area contributed by atoms with Crippen LogP contribution in [0.1, 0.15) is 68.5 Å². The summed E-state index contributed by atoms with van der Waals surface area (Å²) >= 11 is 1.61. The number of nitrogens with zero attached hydrogens (tertiary/aromatic N) is 2. The van der Waals surface area contributed by atoms with E-state index in [2.05, 4.69) is 72.2 Å². The van der Waals surface area contributed by atoms with Gasteiger partial charge in [-0.25, -0.2) is 0 Å². The van der Waals surface area contributed by atoms with Gasteiger partial charge in [-0.3, -0.25) is 9.69 Å². The van der Waals surface area contributed by atoms with Gasteiger partial charge in [-0.05, 0) is 91.8 Å². The predicted molar refractivity (Wildman–Crippen MR) is 196 cm³/mol. The maximum atomic E-state index is 15.0. The molecule has 7 heteroatoms. The summed E-state index contributed by atoms with van der Waals surface area (Å²) in [7, 11) is 1.73. The van der Waals surface area contributed by atoms with Crippen LogP contribution in [0.25, 0.3) is 10.1 Å². The van der Waals surface area contributed by atoms with Crippen molar-refractivity contribution in [1.82, 2.24) is 4.90 Å². The third-order valence-corrected chi connectivity index (χ3v) is 16.0. The number of para-hydroxylation sites is 2. The van der Waals surface area contributed by atoms with Crippen molar-refractivity contribution >= 4 is 32.9 Å². The lowest BCUT2D eigenvalue weighted by Crippen LogP contribution is -2.67. The van der Waals surface area contributed by atoms with Crippen LogP contribution in [0.2, 0.25) is 0 Å². The number of Topliss-reactive ketones (excluding diaryl/α,β-unsaturated/α-hetero) is 1. The number of rotatable bonds is 6. The van der Waals surface area contributed by atoms with Crippen LogP contribution in [0.3, 0.4) is 0 Å². The number of allylic oxidation sites excluding steroid dienone is 4. The number of hydrogen-bond donors (Lipinski definition) is 2. The van der Waals surface area contributed by atoms with Crippen LogP contribution < -0.4 is 9.64 Å². The van der Waals surface area contributed by atoms with Gasteiger partial charge in [0.15, 0.2) is 5.78 Å². The largest absolute Gasteiger partial charge is 0.495 e. The summed E-state index contributed by atoms with van der Waals surface area (Å²) in [5.74, 6) is 1.54. The van der Waals surface area contributed by atoms with E-state index in [1.807, 2.05) is 24.3 Å². The van der Waals surface area contributed by atoms with E-state index < -0.39 is 11.0 Å². The molecule has 6 nitrogen and oxygen atoms in total. The number of fused-ring (bicyclic) bond motifs is 2. The van der Waals surface area contributed by atoms with Gasteiger partial charge in [-0.1, -0.05) is 62.4 Å². The second kappa shape index (κ2) is 11.0. The van der Waals surface area contributed by atoms with Crippen LogP contribution in [0.15, 0.2) is 78.4 Å². The van der Waals surface area contributed by atoms with Crippen molar-refractivity contribution in [2.75, 3.05) is 44.7 Å². The highest BCUT2D eigenvalue weighted by Crippen LogP contribution is 2.78. The molecule has 2 N–H and O–H groups in total. The quantitative estimate of drug-likeness (QED) is 0.208. The third-order valence-electron chi connectivity index (χ3n) is 14.9. The number of aliphatic hydroxyl groups is 2. The van der Waals surface area contributed by atoms with Crippen LogP contribution in [-0.4, -0.2) is 72.4 Å². The zero-order valence-corrected chi connectivity index (χ0v) is 30.0. The Labute approximate surface area is 294 Å². The van der Waals surface area contributed by atoms with Crippen molar-refractivity contribution in [2.24, 2.45) is 33.5 Å². The van der Waals surface area contributed by atoms with Crippen molar-refractivity contribution < 1.29 is 19.7 Å². The zero-order chi connectivity index (χ0) is 33.8. The van der Waals surface area contributed by atoms with Gasteiger partial charge in [0.1, 0.15) is 5.75 Å². The predicted octanol–water partition coefficient (Wildman–Crippen LogP) is 7.51. The summed E-state index contributed by atoms with van der Waals surface area (Å²) in [6, 6.07) is 18.6. The Balaban J connectivity index is 1.06. The number of piperazine rings is 1. The van der Waals surface area contributed by atoms with Gasteiger partial charge >= 0.3 is 0 Å². The monoisotopic (exact) mass is 678 g/mol. The first kappa shape index (κ1) is 32.0. The standard InChI is InChI=1S/C42H50N2O4S/c1-38-15-12-29(45)25-40(38)18-19-42(30(26-40)37(46)34-24-28-8-4-7-11-33(28)49-34)35(38)13-16-39(2)36(42)14-17-41(39,47)27-43-20-22-44(23-21-43)31-9-5-6-10-32(31)48-3/h4-11,18-19,24,26,29,35-36,45,47H,12-17,20-23,25,27H2,1-3H3/t29?,35-,36-,38-,39+,40+,41-,42-/m1/s1. The third kappa shape index (κ3) is 4.31. The van der Waals surface area contributed by atoms with Gasteiger partial charge in [-0.15, -0.1) is 11.3 Å². The summed E-state index contributed by atoms with van der Waals surface area (Å²) in [5.41, 5.74) is 0.159. The van der Waals surface area contributed by atoms with Crippen LogP contribution >= 0.6 is 11.3 Å².